The summed E-state index contributed by atoms with van der Waals surface area (Å²) in [6.45, 7) is 1.20. The van der Waals surface area contributed by atoms with Crippen LogP contribution in [0.4, 0.5) is 0 Å². The highest BCUT2D eigenvalue weighted by atomic mass is 35.5. The maximum Gasteiger partial charge on any atom is 0.322 e. The molecule has 0 aliphatic carbocycles. The quantitative estimate of drug-likeness (QED) is 0.642. The molecule has 1 rings (SSSR count). The summed E-state index contributed by atoms with van der Waals surface area (Å²) < 4.78 is -0.514. The van der Waals surface area contributed by atoms with Crippen LogP contribution in [0, 0.1) is 0 Å². The lowest BCUT2D eigenvalue weighted by atomic mass is 10.0. The van der Waals surface area contributed by atoms with E-state index in [0.717, 1.165) is 0 Å². The van der Waals surface area contributed by atoms with Crippen LogP contribution in [0.15, 0.2) is 0 Å². The fourth-order valence-corrected chi connectivity index (χ4v) is 1.40. The van der Waals surface area contributed by atoms with Gasteiger partial charge in [0, 0.05) is 13.1 Å². The van der Waals surface area contributed by atoms with E-state index in [9.17, 15) is 4.79 Å². The van der Waals surface area contributed by atoms with Crippen molar-refractivity contribution in [3.05, 3.63) is 0 Å². The summed E-state index contributed by atoms with van der Waals surface area (Å²) in [5.74, 6) is -0.700. The molecule has 0 aromatic heterocycles. The lowest BCUT2D eigenvalue weighted by molar-refractivity contribution is -0.141. The minimum Gasteiger partial charge on any atom is -0.480 e. The molecule has 0 aromatic rings. The first-order valence-corrected chi connectivity index (χ1v) is 3.93. The number of carbonyl (C=O) groups is 1. The molecular formula is C5H10ClNO2S. The lowest BCUT2D eigenvalue weighted by Gasteiger charge is -2.36. The summed E-state index contributed by atoms with van der Waals surface area (Å²) >= 11 is 1.41. The van der Waals surface area contributed by atoms with Gasteiger partial charge >= 0.3 is 5.97 Å². The van der Waals surface area contributed by atoms with E-state index in [4.69, 9.17) is 5.11 Å². The first kappa shape index (κ1) is 10.1. The smallest absolute Gasteiger partial charge is 0.322 e. The molecule has 5 heteroatoms. The van der Waals surface area contributed by atoms with Crippen molar-refractivity contribution >= 4 is 30.1 Å². The zero-order valence-corrected chi connectivity index (χ0v) is 7.22. The van der Waals surface area contributed by atoms with Crippen molar-refractivity contribution in [1.82, 2.24) is 5.32 Å². The van der Waals surface area contributed by atoms with Gasteiger partial charge in [-0.15, -0.1) is 24.2 Å². The topological polar surface area (TPSA) is 49.3 Å². The third kappa shape index (κ3) is 1.38. The van der Waals surface area contributed by atoms with E-state index in [1.807, 2.05) is 6.26 Å². The Bertz CT molecular complexity index is 132. The van der Waals surface area contributed by atoms with Crippen LogP contribution in [0.5, 0.6) is 0 Å². The molecule has 1 aliphatic heterocycles. The standard InChI is InChI=1S/C5H9NO2S.ClH/c1-9-5(4(7)8)2-6-3-5;/h6H,2-3H2,1H3,(H,7,8);1H. The number of aliphatic carboxylic acids is 1. The minimum absolute atomic E-state index is 0. The predicted molar refractivity (Wildman–Crippen MR) is 44.0 cm³/mol. The van der Waals surface area contributed by atoms with Crippen molar-refractivity contribution in [3.8, 4) is 0 Å². The molecule has 0 atom stereocenters. The predicted octanol–water partition coefficient (Wildman–Crippen LogP) is 0.198. The molecule has 0 bridgehead atoms. The normalized spacial score (nSPS) is 20.5. The number of rotatable bonds is 2. The van der Waals surface area contributed by atoms with E-state index in [1.54, 1.807) is 0 Å². The second kappa shape index (κ2) is 3.46. The summed E-state index contributed by atoms with van der Waals surface area (Å²) in [5.41, 5.74) is 0. The van der Waals surface area contributed by atoms with E-state index in [0.29, 0.717) is 13.1 Å². The molecular weight excluding hydrogens is 174 g/mol. The monoisotopic (exact) mass is 183 g/mol. The van der Waals surface area contributed by atoms with Gasteiger partial charge in [-0.1, -0.05) is 0 Å². The Kier molecular flexibility index (Phi) is 3.48. The molecule has 2 N–H and O–H groups in total. The maximum absolute atomic E-state index is 10.5. The van der Waals surface area contributed by atoms with Crippen LogP contribution >= 0.6 is 24.2 Å². The first-order chi connectivity index (χ1) is 4.21. The molecule has 0 spiro atoms. The zero-order valence-electron chi connectivity index (χ0n) is 5.59. The minimum atomic E-state index is -0.700. The number of thioether (sulfide) groups is 1. The molecule has 0 radical (unpaired) electrons. The number of hydrogen-bond acceptors (Lipinski definition) is 3. The SMILES string of the molecule is CSC1(C(=O)O)CNC1.Cl. The Labute approximate surface area is 70.0 Å². The lowest BCUT2D eigenvalue weighted by Crippen LogP contribution is -2.61. The summed E-state index contributed by atoms with van der Waals surface area (Å²) in [6.07, 6.45) is 1.83. The van der Waals surface area contributed by atoms with Crippen LogP contribution in [-0.2, 0) is 4.79 Å². The van der Waals surface area contributed by atoms with E-state index in [2.05, 4.69) is 5.32 Å². The summed E-state index contributed by atoms with van der Waals surface area (Å²) in [7, 11) is 0. The van der Waals surface area contributed by atoms with Crippen molar-refractivity contribution in [3.63, 3.8) is 0 Å². The van der Waals surface area contributed by atoms with Crippen LogP contribution in [0.2, 0.25) is 0 Å². The fourth-order valence-electron chi connectivity index (χ4n) is 0.735. The largest absolute Gasteiger partial charge is 0.480 e. The van der Waals surface area contributed by atoms with Crippen molar-refractivity contribution < 1.29 is 9.90 Å². The second-order valence-electron chi connectivity index (χ2n) is 2.11. The first-order valence-electron chi connectivity index (χ1n) is 2.70. The Morgan fingerprint density at radius 2 is 2.20 bits per heavy atom. The summed E-state index contributed by atoms with van der Waals surface area (Å²) in [5, 5.41) is 11.6. The second-order valence-corrected chi connectivity index (χ2v) is 3.30. The molecule has 0 amide bonds. The highest BCUT2D eigenvalue weighted by Crippen LogP contribution is 2.26. The van der Waals surface area contributed by atoms with Crippen molar-refractivity contribution in [2.45, 2.75) is 4.75 Å². The Morgan fingerprint density at radius 1 is 1.70 bits per heavy atom. The van der Waals surface area contributed by atoms with Crippen molar-refractivity contribution in [1.29, 1.82) is 0 Å². The number of carboxylic acids is 1. The number of carboxylic acid groups (broad SMARTS) is 1. The Balaban J connectivity index is 0.000000810. The van der Waals surface area contributed by atoms with Gasteiger partial charge in [-0.25, -0.2) is 0 Å². The average molecular weight is 184 g/mol. The number of halogens is 1. The fraction of sp³-hybridized carbons (Fsp3) is 0.800. The van der Waals surface area contributed by atoms with Gasteiger partial charge in [-0.3, -0.25) is 4.79 Å². The van der Waals surface area contributed by atoms with Gasteiger partial charge in [0.2, 0.25) is 0 Å². The van der Waals surface area contributed by atoms with E-state index >= 15 is 0 Å². The number of hydrogen-bond donors (Lipinski definition) is 2. The molecule has 10 heavy (non-hydrogen) atoms. The van der Waals surface area contributed by atoms with Gasteiger partial charge in [0.25, 0.3) is 0 Å². The molecule has 3 nitrogen and oxygen atoms in total. The van der Waals surface area contributed by atoms with E-state index < -0.39 is 10.7 Å². The zero-order chi connectivity index (χ0) is 6.91. The van der Waals surface area contributed by atoms with Crippen molar-refractivity contribution in [2.75, 3.05) is 19.3 Å². The molecule has 1 heterocycles. The van der Waals surface area contributed by atoms with E-state index in [-0.39, 0.29) is 12.4 Å². The molecule has 0 unspecified atom stereocenters. The van der Waals surface area contributed by atoms with Gasteiger partial charge < -0.3 is 10.4 Å². The summed E-state index contributed by atoms with van der Waals surface area (Å²) in [4.78, 5) is 10.5. The molecule has 60 valence electrons. The van der Waals surface area contributed by atoms with Gasteiger partial charge in [0.05, 0.1) is 0 Å². The summed E-state index contributed by atoms with van der Waals surface area (Å²) in [6, 6.07) is 0. The van der Waals surface area contributed by atoms with Gasteiger partial charge in [-0.05, 0) is 6.26 Å². The Hall–Kier alpha value is 0.0700. The Morgan fingerprint density at radius 3 is 2.20 bits per heavy atom. The molecule has 1 fully saturated rings. The highest BCUT2D eigenvalue weighted by Gasteiger charge is 2.43. The third-order valence-electron chi connectivity index (χ3n) is 1.60. The highest BCUT2D eigenvalue weighted by molar-refractivity contribution is 8.00. The van der Waals surface area contributed by atoms with Gasteiger partial charge in [0.15, 0.2) is 0 Å². The van der Waals surface area contributed by atoms with E-state index in [1.165, 1.54) is 11.8 Å². The van der Waals surface area contributed by atoms with Crippen LogP contribution in [-0.4, -0.2) is 35.2 Å². The molecule has 0 saturated carbocycles. The molecule has 1 saturated heterocycles. The van der Waals surface area contributed by atoms with Crippen LogP contribution in [0.3, 0.4) is 0 Å². The molecule has 0 aromatic carbocycles. The maximum atomic E-state index is 10.5. The average Bonchev–Trinajstić information content (AvgIpc) is 1.62. The third-order valence-corrected chi connectivity index (χ3v) is 2.85. The van der Waals surface area contributed by atoms with Crippen LogP contribution in [0.25, 0.3) is 0 Å². The van der Waals surface area contributed by atoms with Crippen molar-refractivity contribution in [2.24, 2.45) is 0 Å². The van der Waals surface area contributed by atoms with Crippen LogP contribution in [0.1, 0.15) is 0 Å². The van der Waals surface area contributed by atoms with Gasteiger partial charge in [0.1, 0.15) is 4.75 Å². The molecule has 1 aliphatic rings. The van der Waals surface area contributed by atoms with Gasteiger partial charge in [-0.2, -0.15) is 0 Å². The number of nitrogens with one attached hydrogen (secondary N) is 1. The van der Waals surface area contributed by atoms with Crippen LogP contribution < -0.4 is 5.32 Å².